The molecule has 0 atom stereocenters. The van der Waals surface area contributed by atoms with Gasteiger partial charge in [-0.05, 0) is 43.2 Å². The second-order valence-corrected chi connectivity index (χ2v) is 8.17. The molecule has 0 aliphatic carbocycles. The molecule has 2 fully saturated rings. The van der Waals surface area contributed by atoms with Crippen molar-refractivity contribution in [3.05, 3.63) is 66.9 Å². The molecule has 1 N–H and O–H groups in total. The van der Waals surface area contributed by atoms with Gasteiger partial charge in [0.15, 0.2) is 0 Å². The Morgan fingerprint density at radius 3 is 2.47 bits per heavy atom. The van der Waals surface area contributed by atoms with E-state index in [0.29, 0.717) is 12.0 Å². The van der Waals surface area contributed by atoms with Crippen molar-refractivity contribution >= 4 is 17.5 Å². The van der Waals surface area contributed by atoms with Crippen LogP contribution in [0.25, 0.3) is 0 Å². The highest BCUT2D eigenvalue weighted by molar-refractivity contribution is 5.57. The molecule has 0 unspecified atom stereocenters. The molecule has 166 valence electrons. The monoisotopic (exact) mass is 431 g/mol. The Hall–Kier alpha value is -3.16. The van der Waals surface area contributed by atoms with Crippen LogP contribution in [0.4, 0.5) is 17.5 Å². The molecule has 0 amide bonds. The number of nitrogens with zero attached hydrogens (tertiary/aromatic N) is 4. The zero-order valence-electron chi connectivity index (χ0n) is 18.2. The third-order valence-electron chi connectivity index (χ3n) is 6.06. The maximum absolute atomic E-state index is 5.93. The first kappa shape index (κ1) is 20.7. The molecule has 0 saturated carbocycles. The Bertz CT molecular complexity index is 1000. The van der Waals surface area contributed by atoms with Crippen molar-refractivity contribution in [1.29, 1.82) is 0 Å². The van der Waals surface area contributed by atoms with Crippen LogP contribution in [0, 0.1) is 0 Å². The number of rotatable bonds is 6. The molecule has 1 aromatic heterocycles. The van der Waals surface area contributed by atoms with E-state index in [1.807, 2.05) is 66.9 Å². The third-order valence-corrected chi connectivity index (χ3v) is 6.06. The van der Waals surface area contributed by atoms with Gasteiger partial charge in [0.25, 0.3) is 0 Å². The van der Waals surface area contributed by atoms with Crippen molar-refractivity contribution in [3.8, 4) is 11.5 Å². The number of benzene rings is 2. The second-order valence-electron chi connectivity index (χ2n) is 8.17. The largest absolute Gasteiger partial charge is 0.457 e. The average Bonchev–Trinajstić information content (AvgIpc) is 2.86. The van der Waals surface area contributed by atoms with Crippen LogP contribution in [0.15, 0.2) is 66.9 Å². The zero-order valence-corrected chi connectivity index (χ0v) is 18.2. The van der Waals surface area contributed by atoms with Crippen LogP contribution in [0.3, 0.4) is 0 Å². The van der Waals surface area contributed by atoms with Gasteiger partial charge in [0.2, 0.25) is 5.95 Å². The number of aromatic nitrogens is 2. The molecule has 3 heterocycles. The first-order chi connectivity index (χ1) is 15.8. The van der Waals surface area contributed by atoms with Gasteiger partial charge in [0.05, 0.1) is 13.2 Å². The molecule has 0 radical (unpaired) electrons. The van der Waals surface area contributed by atoms with Crippen molar-refractivity contribution in [1.82, 2.24) is 14.9 Å². The molecule has 0 spiro atoms. The maximum Gasteiger partial charge on any atom is 0.229 e. The number of piperidine rings is 1. The third kappa shape index (κ3) is 5.18. The highest BCUT2D eigenvalue weighted by Crippen LogP contribution is 2.26. The van der Waals surface area contributed by atoms with E-state index in [4.69, 9.17) is 14.5 Å². The maximum atomic E-state index is 5.93. The number of para-hydroxylation sites is 1. The topological polar surface area (TPSA) is 62.8 Å². The summed E-state index contributed by atoms with van der Waals surface area (Å²) >= 11 is 0. The number of morpholine rings is 1. The highest BCUT2D eigenvalue weighted by Gasteiger charge is 2.26. The molecule has 7 nitrogen and oxygen atoms in total. The van der Waals surface area contributed by atoms with Crippen molar-refractivity contribution < 1.29 is 9.47 Å². The summed E-state index contributed by atoms with van der Waals surface area (Å²) in [6.07, 6.45) is 4.14. The minimum atomic E-state index is 0.592. The summed E-state index contributed by atoms with van der Waals surface area (Å²) < 4.78 is 11.4. The lowest BCUT2D eigenvalue weighted by Crippen LogP contribution is -2.49. The van der Waals surface area contributed by atoms with Gasteiger partial charge in [0.1, 0.15) is 17.3 Å². The number of hydrogen-bond acceptors (Lipinski definition) is 7. The lowest BCUT2D eigenvalue weighted by Gasteiger charge is -2.40. The Balaban J connectivity index is 1.21. The summed E-state index contributed by atoms with van der Waals surface area (Å²) in [7, 11) is 0. The summed E-state index contributed by atoms with van der Waals surface area (Å²) in [5, 5.41) is 3.32. The first-order valence-electron chi connectivity index (χ1n) is 11.3. The standard InChI is InChI=1S/C25H29N5O2/c1-2-6-22(7-3-1)32-23-8-4-5-20(19-23)27-25-26-12-9-24(28-25)30-13-10-21(11-14-30)29-15-17-31-18-16-29/h1-9,12,19,21H,10-11,13-18H2,(H,26,27,28). The molecular formula is C25H29N5O2. The Morgan fingerprint density at radius 2 is 1.66 bits per heavy atom. The summed E-state index contributed by atoms with van der Waals surface area (Å²) in [6.45, 7) is 5.85. The van der Waals surface area contributed by atoms with E-state index < -0.39 is 0 Å². The van der Waals surface area contributed by atoms with Crippen LogP contribution < -0.4 is 15.0 Å². The molecule has 32 heavy (non-hydrogen) atoms. The molecule has 3 aromatic rings. The summed E-state index contributed by atoms with van der Waals surface area (Å²) in [4.78, 5) is 14.1. The van der Waals surface area contributed by atoms with Crippen molar-refractivity contribution in [3.63, 3.8) is 0 Å². The highest BCUT2D eigenvalue weighted by atomic mass is 16.5. The Morgan fingerprint density at radius 1 is 0.875 bits per heavy atom. The predicted octanol–water partition coefficient (Wildman–Crippen LogP) is 4.31. The van der Waals surface area contributed by atoms with Gasteiger partial charge in [-0.3, -0.25) is 4.90 Å². The predicted molar refractivity (Wildman–Crippen MR) is 126 cm³/mol. The second kappa shape index (κ2) is 9.97. The van der Waals surface area contributed by atoms with E-state index in [2.05, 4.69) is 20.1 Å². The van der Waals surface area contributed by atoms with E-state index in [0.717, 1.165) is 75.2 Å². The SMILES string of the molecule is c1ccc(Oc2cccc(Nc3nccc(N4CCC(N5CCOCC5)CC4)n3)c2)cc1. The van der Waals surface area contributed by atoms with E-state index in [1.165, 1.54) is 0 Å². The number of nitrogens with one attached hydrogen (secondary N) is 1. The molecule has 2 aromatic carbocycles. The molecule has 5 rings (SSSR count). The molecule has 2 aliphatic rings. The molecule has 2 aliphatic heterocycles. The van der Waals surface area contributed by atoms with Gasteiger partial charge in [-0.2, -0.15) is 4.98 Å². The van der Waals surface area contributed by atoms with Gasteiger partial charge < -0.3 is 19.7 Å². The fourth-order valence-electron chi connectivity index (χ4n) is 4.38. The Labute approximate surface area is 189 Å². The summed E-state index contributed by atoms with van der Waals surface area (Å²) in [5.41, 5.74) is 0.890. The first-order valence-corrected chi connectivity index (χ1v) is 11.3. The normalized spacial score (nSPS) is 17.8. The van der Waals surface area contributed by atoms with Gasteiger partial charge in [-0.25, -0.2) is 4.98 Å². The van der Waals surface area contributed by atoms with Gasteiger partial charge >= 0.3 is 0 Å². The molecule has 0 bridgehead atoms. The molecule has 2 saturated heterocycles. The average molecular weight is 432 g/mol. The van der Waals surface area contributed by atoms with E-state index >= 15 is 0 Å². The van der Waals surface area contributed by atoms with Gasteiger partial charge in [0, 0.05) is 50.2 Å². The van der Waals surface area contributed by atoms with Gasteiger partial charge in [-0.15, -0.1) is 0 Å². The van der Waals surface area contributed by atoms with E-state index in [-0.39, 0.29) is 0 Å². The van der Waals surface area contributed by atoms with Crippen LogP contribution in [0.5, 0.6) is 11.5 Å². The van der Waals surface area contributed by atoms with Crippen LogP contribution in [0.2, 0.25) is 0 Å². The molecule has 7 heteroatoms. The lowest BCUT2D eigenvalue weighted by molar-refractivity contribution is 0.0115. The minimum Gasteiger partial charge on any atom is -0.457 e. The smallest absolute Gasteiger partial charge is 0.229 e. The minimum absolute atomic E-state index is 0.592. The van der Waals surface area contributed by atoms with Gasteiger partial charge in [-0.1, -0.05) is 24.3 Å². The fourth-order valence-corrected chi connectivity index (χ4v) is 4.38. The Kier molecular flexibility index (Phi) is 6.46. The van der Waals surface area contributed by atoms with Crippen LogP contribution in [-0.2, 0) is 4.74 Å². The van der Waals surface area contributed by atoms with Crippen molar-refractivity contribution in [2.24, 2.45) is 0 Å². The summed E-state index contributed by atoms with van der Waals surface area (Å²) in [6, 6.07) is 20.3. The van der Waals surface area contributed by atoms with E-state index in [1.54, 1.807) is 0 Å². The lowest BCUT2D eigenvalue weighted by atomic mass is 10.0. The quantitative estimate of drug-likeness (QED) is 0.624. The molecular weight excluding hydrogens is 402 g/mol. The number of hydrogen-bond donors (Lipinski definition) is 1. The van der Waals surface area contributed by atoms with Crippen molar-refractivity contribution in [2.45, 2.75) is 18.9 Å². The van der Waals surface area contributed by atoms with Crippen molar-refractivity contribution in [2.75, 3.05) is 49.6 Å². The van der Waals surface area contributed by atoms with Crippen LogP contribution in [0.1, 0.15) is 12.8 Å². The van der Waals surface area contributed by atoms with Crippen LogP contribution in [-0.4, -0.2) is 60.3 Å². The van der Waals surface area contributed by atoms with Crippen LogP contribution >= 0.6 is 0 Å². The number of anilines is 3. The zero-order chi connectivity index (χ0) is 21.6. The number of ether oxygens (including phenoxy) is 2. The van der Waals surface area contributed by atoms with E-state index in [9.17, 15) is 0 Å². The fraction of sp³-hybridized carbons (Fsp3) is 0.360. The summed E-state index contributed by atoms with van der Waals surface area (Å²) in [5.74, 6) is 3.14.